The lowest BCUT2D eigenvalue weighted by atomic mass is 9.76. The summed E-state index contributed by atoms with van der Waals surface area (Å²) in [6, 6.07) is 0. The molecule has 90 valence electrons. The summed E-state index contributed by atoms with van der Waals surface area (Å²) >= 11 is 0. The molecule has 16 heavy (non-hydrogen) atoms. The van der Waals surface area contributed by atoms with Crippen LogP contribution < -0.4 is 0 Å². The van der Waals surface area contributed by atoms with E-state index in [1.54, 1.807) is 0 Å². The van der Waals surface area contributed by atoms with Gasteiger partial charge in [-0.3, -0.25) is 19.3 Å². The zero-order valence-corrected chi connectivity index (χ0v) is 7.91. The van der Waals surface area contributed by atoms with Crippen LogP contribution in [0.4, 0.5) is 0 Å². The third-order valence-corrected chi connectivity index (χ3v) is 2.10. The molecule has 0 radical (unpaired) electrons. The molecule has 9 nitrogen and oxygen atoms in total. The molecule has 0 fully saturated rings. The molecule has 0 spiro atoms. The first kappa shape index (κ1) is 13.8. The van der Waals surface area contributed by atoms with Crippen LogP contribution in [-0.2, 0) is 24.1 Å². The Hall–Kier alpha value is -2.16. The predicted molar refractivity (Wildman–Crippen MR) is 43.2 cm³/mol. The minimum atomic E-state index is -3.39. The van der Waals surface area contributed by atoms with Crippen LogP contribution in [-0.4, -0.2) is 44.5 Å². The van der Waals surface area contributed by atoms with Crippen molar-refractivity contribution >= 4 is 23.9 Å². The van der Waals surface area contributed by atoms with Crippen LogP contribution >= 0.6 is 0 Å². The topological polar surface area (TPSA) is 158 Å². The summed E-state index contributed by atoms with van der Waals surface area (Å²) in [6.07, 6.45) is 0. The average Bonchev–Trinajstić information content (AvgIpc) is 2.16. The Balaban J connectivity index is 5.82. The zero-order chi connectivity index (χ0) is 13.1. The van der Waals surface area contributed by atoms with Gasteiger partial charge in [-0.15, -0.1) is 0 Å². The average molecular weight is 236 g/mol. The first-order valence-corrected chi connectivity index (χ1v) is 3.78. The van der Waals surface area contributed by atoms with Crippen molar-refractivity contribution < 1.29 is 44.6 Å². The highest BCUT2D eigenvalue weighted by molar-refractivity contribution is 6.19. The van der Waals surface area contributed by atoms with E-state index >= 15 is 0 Å². The Kier molecular flexibility index (Phi) is 3.96. The van der Waals surface area contributed by atoms with Crippen LogP contribution in [0.25, 0.3) is 0 Å². The second-order valence-electron chi connectivity index (χ2n) is 2.86. The van der Waals surface area contributed by atoms with Gasteiger partial charge in [0, 0.05) is 0 Å². The van der Waals surface area contributed by atoms with Crippen molar-refractivity contribution in [3.05, 3.63) is 0 Å². The standard InChI is InChI=1S/C7H8O9/c1-2(3(8)9)7(4(10)11,5(12)13)6(14)16-15/h2,15H,1H3,(H,8,9)(H,10,11)(H,12,13). The van der Waals surface area contributed by atoms with Gasteiger partial charge in [-0.25, -0.2) is 4.79 Å². The molecule has 0 bridgehead atoms. The van der Waals surface area contributed by atoms with Crippen LogP contribution in [0.5, 0.6) is 0 Å². The van der Waals surface area contributed by atoms with E-state index in [0.717, 1.165) is 0 Å². The molecule has 0 aromatic rings. The van der Waals surface area contributed by atoms with E-state index in [9.17, 15) is 19.2 Å². The summed E-state index contributed by atoms with van der Waals surface area (Å²) in [4.78, 5) is 46.1. The van der Waals surface area contributed by atoms with E-state index in [2.05, 4.69) is 4.89 Å². The van der Waals surface area contributed by atoms with Crippen LogP contribution in [0.3, 0.4) is 0 Å². The second-order valence-corrected chi connectivity index (χ2v) is 2.86. The van der Waals surface area contributed by atoms with Crippen molar-refractivity contribution in [1.29, 1.82) is 0 Å². The summed E-state index contributed by atoms with van der Waals surface area (Å²) < 4.78 is 0. The molecule has 0 saturated carbocycles. The highest BCUT2D eigenvalue weighted by atomic mass is 17.1. The number of carbonyl (C=O) groups is 4. The lowest BCUT2D eigenvalue weighted by Crippen LogP contribution is -2.54. The molecule has 1 unspecified atom stereocenters. The molecule has 0 aromatic carbocycles. The number of carboxylic acids is 3. The summed E-state index contributed by atoms with van der Waals surface area (Å²) in [5.74, 6) is -10.5. The highest BCUT2D eigenvalue weighted by Gasteiger charge is 2.62. The Morgan fingerprint density at radius 1 is 1.06 bits per heavy atom. The molecule has 0 aliphatic rings. The maximum absolute atomic E-state index is 11.0. The number of hydrogen-bond acceptors (Lipinski definition) is 6. The monoisotopic (exact) mass is 236 g/mol. The summed E-state index contributed by atoms with van der Waals surface area (Å²) in [5, 5.41) is 33.9. The number of aliphatic carboxylic acids is 3. The van der Waals surface area contributed by atoms with Gasteiger partial charge in [-0.1, -0.05) is 0 Å². The molecule has 4 N–H and O–H groups in total. The molecular formula is C7H8O9. The van der Waals surface area contributed by atoms with Gasteiger partial charge in [-0.2, -0.15) is 5.26 Å². The fourth-order valence-electron chi connectivity index (χ4n) is 1.07. The zero-order valence-electron chi connectivity index (χ0n) is 7.91. The minimum absolute atomic E-state index is 0.696. The van der Waals surface area contributed by atoms with Crippen molar-refractivity contribution in [3.8, 4) is 0 Å². The quantitative estimate of drug-likeness (QED) is 0.263. The molecular weight excluding hydrogens is 228 g/mol. The van der Waals surface area contributed by atoms with E-state index < -0.39 is 35.2 Å². The van der Waals surface area contributed by atoms with Crippen LogP contribution in [0, 0.1) is 11.3 Å². The lowest BCUT2D eigenvalue weighted by Gasteiger charge is -2.24. The number of hydrogen-bond donors (Lipinski definition) is 4. The van der Waals surface area contributed by atoms with E-state index in [1.165, 1.54) is 0 Å². The first-order chi connectivity index (χ1) is 7.22. The van der Waals surface area contributed by atoms with Crippen molar-refractivity contribution in [2.45, 2.75) is 6.92 Å². The van der Waals surface area contributed by atoms with E-state index in [-0.39, 0.29) is 0 Å². The third-order valence-electron chi connectivity index (χ3n) is 2.10. The fraction of sp³-hybridized carbons (Fsp3) is 0.429. The maximum atomic E-state index is 11.0. The summed E-state index contributed by atoms with van der Waals surface area (Å²) in [6.45, 7) is 0.696. The van der Waals surface area contributed by atoms with Crippen LogP contribution in [0.1, 0.15) is 6.92 Å². The molecule has 0 aliphatic carbocycles. The molecule has 0 rings (SSSR count). The van der Waals surface area contributed by atoms with Crippen LogP contribution in [0.15, 0.2) is 0 Å². The molecule has 0 heterocycles. The van der Waals surface area contributed by atoms with E-state index in [4.69, 9.17) is 20.6 Å². The minimum Gasteiger partial charge on any atom is -0.481 e. The van der Waals surface area contributed by atoms with Crippen molar-refractivity contribution in [1.82, 2.24) is 0 Å². The molecule has 1 atom stereocenters. The Labute approximate surface area is 87.8 Å². The van der Waals surface area contributed by atoms with Gasteiger partial charge in [0.2, 0.25) is 0 Å². The van der Waals surface area contributed by atoms with Crippen LogP contribution in [0.2, 0.25) is 0 Å². The smallest absolute Gasteiger partial charge is 0.371 e. The van der Waals surface area contributed by atoms with Gasteiger partial charge in [0.25, 0.3) is 5.41 Å². The predicted octanol–water partition coefficient (Wildman–Crippen LogP) is -1.12. The third kappa shape index (κ3) is 1.80. The van der Waals surface area contributed by atoms with Gasteiger partial charge in [0.1, 0.15) is 0 Å². The summed E-state index contributed by atoms with van der Waals surface area (Å²) in [7, 11) is 0. The molecule has 0 aromatic heterocycles. The Bertz CT molecular complexity index is 330. The lowest BCUT2D eigenvalue weighted by molar-refractivity contribution is -0.249. The number of carboxylic acid groups (broad SMARTS) is 3. The van der Waals surface area contributed by atoms with Crippen molar-refractivity contribution in [3.63, 3.8) is 0 Å². The normalized spacial score (nSPS) is 12.6. The SMILES string of the molecule is CC(C(=O)O)C(C(=O)O)(C(=O)O)C(=O)OO. The fourth-order valence-corrected chi connectivity index (χ4v) is 1.07. The van der Waals surface area contributed by atoms with Crippen molar-refractivity contribution in [2.75, 3.05) is 0 Å². The van der Waals surface area contributed by atoms with Gasteiger partial charge in [0.15, 0.2) is 0 Å². The maximum Gasteiger partial charge on any atom is 0.371 e. The van der Waals surface area contributed by atoms with Gasteiger partial charge in [0.05, 0.1) is 5.92 Å². The van der Waals surface area contributed by atoms with E-state index in [1.807, 2.05) is 0 Å². The number of rotatable bonds is 5. The molecule has 0 aliphatic heterocycles. The first-order valence-electron chi connectivity index (χ1n) is 3.78. The Morgan fingerprint density at radius 2 is 1.44 bits per heavy atom. The molecule has 9 heteroatoms. The van der Waals surface area contributed by atoms with Crippen molar-refractivity contribution in [2.24, 2.45) is 11.3 Å². The van der Waals surface area contributed by atoms with Gasteiger partial charge in [-0.05, 0) is 6.92 Å². The highest BCUT2D eigenvalue weighted by Crippen LogP contribution is 2.30. The largest absolute Gasteiger partial charge is 0.481 e. The van der Waals surface area contributed by atoms with Gasteiger partial charge >= 0.3 is 23.9 Å². The Morgan fingerprint density at radius 3 is 1.62 bits per heavy atom. The number of carbonyl (C=O) groups excluding carboxylic acids is 1. The molecule has 0 amide bonds. The second kappa shape index (κ2) is 4.57. The summed E-state index contributed by atoms with van der Waals surface area (Å²) in [5.41, 5.74) is -3.39. The molecule has 0 saturated heterocycles. The van der Waals surface area contributed by atoms with E-state index in [0.29, 0.717) is 6.92 Å². The van der Waals surface area contributed by atoms with Gasteiger partial charge < -0.3 is 15.3 Å².